The van der Waals surface area contributed by atoms with Gasteiger partial charge in [-0.3, -0.25) is 14.7 Å². The third kappa shape index (κ3) is 5.24. The molecule has 0 atom stereocenters. The molecule has 1 fully saturated rings. The zero-order valence-corrected chi connectivity index (χ0v) is 20.0. The van der Waals surface area contributed by atoms with Crippen LogP contribution in [-0.2, 0) is 10.0 Å². The molecule has 2 aromatic rings. The molecule has 34 heavy (non-hydrogen) atoms. The topological polar surface area (TPSA) is 92.8 Å². The van der Waals surface area contributed by atoms with E-state index in [4.69, 9.17) is 0 Å². The Balaban J connectivity index is 1.56. The van der Waals surface area contributed by atoms with Gasteiger partial charge in [0.25, 0.3) is 0 Å². The first-order valence-electron chi connectivity index (χ1n) is 11.2. The van der Waals surface area contributed by atoms with Crippen LogP contribution in [0.3, 0.4) is 0 Å². The predicted octanol–water partition coefficient (Wildman–Crippen LogP) is 2.48. The van der Waals surface area contributed by atoms with Crippen LogP contribution in [0.15, 0.2) is 36.8 Å². The number of nitrogens with one attached hydrogen (secondary N) is 3. The molecule has 9 nitrogen and oxygen atoms in total. The number of likely N-dealkylation sites (N-methyl/N-ethyl adjacent to an activating group) is 1. The van der Waals surface area contributed by atoms with Gasteiger partial charge in [-0.15, -0.1) is 5.53 Å². The van der Waals surface area contributed by atoms with E-state index in [9.17, 15) is 12.8 Å². The van der Waals surface area contributed by atoms with Gasteiger partial charge in [0.2, 0.25) is 10.0 Å². The number of hydrogen-bond donors (Lipinski definition) is 3. The Morgan fingerprint density at radius 1 is 1.12 bits per heavy atom. The number of nitrogens with zero attached hydrogens (tertiary/aromatic N) is 4. The van der Waals surface area contributed by atoms with Gasteiger partial charge < -0.3 is 15.2 Å². The lowest BCUT2D eigenvalue weighted by Crippen LogP contribution is -2.46. The standard InChI is InChI=1S/C22H29F2N7O2S/c1-3-11-34(32,33)27-19-6-5-18(23)22(21(19)24)31-15-20(26-28-31)16-12-17(14-25-13-16)30-9-7-29(4-2)8-10-30/h5-6,12-15,26-28H,3-4,7-11H2,1-2H3. The van der Waals surface area contributed by atoms with Crippen molar-refractivity contribution >= 4 is 32.8 Å². The Labute approximate surface area is 198 Å². The van der Waals surface area contributed by atoms with Crippen molar-refractivity contribution in [2.45, 2.75) is 20.3 Å². The summed E-state index contributed by atoms with van der Waals surface area (Å²) in [4.78, 5) is 8.98. The normalized spacial score (nSPS) is 17.0. The number of anilines is 3. The molecule has 0 aliphatic carbocycles. The SMILES string of the molecule is CCCS(=O)(=O)Nc1ccc(F)c(N2C=C(c3cncc(N4CCN(CC)CC4)c3)NN2)c1F. The second-order valence-electron chi connectivity index (χ2n) is 8.18. The highest BCUT2D eigenvalue weighted by Crippen LogP contribution is 2.31. The number of aromatic nitrogens is 1. The van der Waals surface area contributed by atoms with Crippen molar-refractivity contribution < 1.29 is 17.2 Å². The van der Waals surface area contributed by atoms with Gasteiger partial charge in [-0.1, -0.05) is 13.8 Å². The molecule has 4 rings (SSSR count). The molecule has 1 saturated heterocycles. The fourth-order valence-electron chi connectivity index (χ4n) is 3.98. The smallest absolute Gasteiger partial charge is 0.232 e. The summed E-state index contributed by atoms with van der Waals surface area (Å²) < 4.78 is 56.0. The van der Waals surface area contributed by atoms with Crippen molar-refractivity contribution in [1.82, 2.24) is 20.8 Å². The molecule has 0 bridgehead atoms. The van der Waals surface area contributed by atoms with Gasteiger partial charge in [0.15, 0.2) is 11.6 Å². The number of pyridine rings is 1. The molecular formula is C22H29F2N7O2S. The van der Waals surface area contributed by atoms with E-state index in [0.717, 1.165) is 61.1 Å². The minimum Gasteiger partial charge on any atom is -0.368 e. The molecule has 1 aromatic carbocycles. The molecule has 0 spiro atoms. The van der Waals surface area contributed by atoms with Crippen LogP contribution in [0.2, 0.25) is 0 Å². The number of rotatable bonds is 8. The summed E-state index contributed by atoms with van der Waals surface area (Å²) in [5.74, 6) is -2.03. The first-order valence-corrected chi connectivity index (χ1v) is 12.9. The van der Waals surface area contributed by atoms with Gasteiger partial charge in [0, 0.05) is 44.1 Å². The van der Waals surface area contributed by atoms with E-state index in [-0.39, 0.29) is 11.4 Å². The molecule has 0 radical (unpaired) electrons. The molecule has 0 amide bonds. The summed E-state index contributed by atoms with van der Waals surface area (Å²) >= 11 is 0. The quantitative estimate of drug-likeness (QED) is 0.517. The van der Waals surface area contributed by atoms with Gasteiger partial charge in [-0.25, -0.2) is 17.2 Å². The third-order valence-electron chi connectivity index (χ3n) is 5.83. The number of piperazine rings is 1. The van der Waals surface area contributed by atoms with Gasteiger partial charge in [0.05, 0.1) is 29.0 Å². The van der Waals surface area contributed by atoms with Crippen LogP contribution in [-0.4, -0.2) is 56.8 Å². The first-order chi connectivity index (χ1) is 16.3. The van der Waals surface area contributed by atoms with Gasteiger partial charge in [-0.05, 0) is 31.2 Å². The summed E-state index contributed by atoms with van der Waals surface area (Å²) in [6.07, 6.45) is 5.34. The molecular weight excluding hydrogens is 464 g/mol. The van der Waals surface area contributed by atoms with E-state index in [1.807, 2.05) is 6.07 Å². The van der Waals surface area contributed by atoms with Crippen LogP contribution >= 0.6 is 0 Å². The number of hydrogen-bond acceptors (Lipinski definition) is 8. The van der Waals surface area contributed by atoms with Crippen LogP contribution in [0.4, 0.5) is 25.8 Å². The zero-order valence-electron chi connectivity index (χ0n) is 19.2. The van der Waals surface area contributed by atoms with Crippen molar-refractivity contribution in [1.29, 1.82) is 0 Å². The van der Waals surface area contributed by atoms with Gasteiger partial charge in [0.1, 0.15) is 5.69 Å². The minimum absolute atomic E-state index is 0.163. The second kappa shape index (κ2) is 10.1. The van der Waals surface area contributed by atoms with E-state index in [0.29, 0.717) is 12.1 Å². The van der Waals surface area contributed by atoms with Gasteiger partial charge in [-0.2, -0.15) is 0 Å². The molecule has 0 unspecified atom stereocenters. The van der Waals surface area contributed by atoms with E-state index in [1.165, 1.54) is 6.20 Å². The maximum atomic E-state index is 15.1. The van der Waals surface area contributed by atoms with Crippen molar-refractivity contribution in [3.05, 3.63) is 54.0 Å². The van der Waals surface area contributed by atoms with E-state index < -0.39 is 27.3 Å². The monoisotopic (exact) mass is 493 g/mol. The molecule has 2 aliphatic heterocycles. The fourth-order valence-corrected chi connectivity index (χ4v) is 5.11. The predicted molar refractivity (Wildman–Crippen MR) is 129 cm³/mol. The summed E-state index contributed by atoms with van der Waals surface area (Å²) in [6, 6.07) is 4.07. The maximum Gasteiger partial charge on any atom is 0.232 e. The average Bonchev–Trinajstić information content (AvgIpc) is 3.31. The summed E-state index contributed by atoms with van der Waals surface area (Å²) in [5.41, 5.74) is 7.16. The Bertz CT molecular complexity index is 1170. The van der Waals surface area contributed by atoms with Crippen LogP contribution in [0.25, 0.3) is 5.70 Å². The number of sulfonamides is 1. The largest absolute Gasteiger partial charge is 0.368 e. The van der Waals surface area contributed by atoms with Crippen molar-refractivity contribution in [2.75, 3.05) is 53.1 Å². The molecule has 0 saturated carbocycles. The molecule has 184 valence electrons. The number of halogens is 2. The van der Waals surface area contributed by atoms with Crippen molar-refractivity contribution in [3.8, 4) is 0 Å². The minimum atomic E-state index is -3.73. The maximum absolute atomic E-state index is 15.1. The van der Waals surface area contributed by atoms with Crippen LogP contribution in [0.1, 0.15) is 25.8 Å². The Hall–Kier alpha value is -2.96. The number of hydrazine groups is 2. The first kappa shape index (κ1) is 24.2. The molecule has 2 aliphatic rings. The van der Waals surface area contributed by atoms with Crippen LogP contribution in [0, 0.1) is 11.6 Å². The summed E-state index contributed by atoms with van der Waals surface area (Å²) in [6.45, 7) is 8.63. The van der Waals surface area contributed by atoms with E-state index >= 15 is 4.39 Å². The molecule has 12 heteroatoms. The molecule has 3 N–H and O–H groups in total. The Morgan fingerprint density at radius 2 is 1.88 bits per heavy atom. The zero-order chi connectivity index (χ0) is 24.3. The second-order valence-corrected chi connectivity index (χ2v) is 10.0. The van der Waals surface area contributed by atoms with Crippen molar-refractivity contribution in [2.24, 2.45) is 0 Å². The summed E-state index contributed by atoms with van der Waals surface area (Å²) in [5, 5.41) is 1.14. The lowest BCUT2D eigenvalue weighted by atomic mass is 10.2. The van der Waals surface area contributed by atoms with Crippen molar-refractivity contribution in [3.63, 3.8) is 0 Å². The average molecular weight is 494 g/mol. The lowest BCUT2D eigenvalue weighted by Gasteiger charge is -2.35. The van der Waals surface area contributed by atoms with Crippen LogP contribution < -0.4 is 25.6 Å². The third-order valence-corrected chi connectivity index (χ3v) is 7.31. The van der Waals surface area contributed by atoms with E-state index in [2.05, 4.69) is 37.4 Å². The Kier molecular flexibility index (Phi) is 7.19. The highest BCUT2D eigenvalue weighted by Gasteiger charge is 2.25. The van der Waals surface area contributed by atoms with Crippen LogP contribution in [0.5, 0.6) is 0 Å². The van der Waals surface area contributed by atoms with E-state index in [1.54, 1.807) is 19.3 Å². The van der Waals surface area contributed by atoms with Gasteiger partial charge >= 0.3 is 0 Å². The molecule has 1 aromatic heterocycles. The molecule has 3 heterocycles. The summed E-state index contributed by atoms with van der Waals surface area (Å²) in [7, 11) is -3.73. The Morgan fingerprint density at radius 3 is 2.59 bits per heavy atom. The lowest BCUT2D eigenvalue weighted by molar-refractivity contribution is 0.271. The fraction of sp³-hybridized carbons (Fsp3) is 0.409. The highest BCUT2D eigenvalue weighted by atomic mass is 32.2. The highest BCUT2D eigenvalue weighted by molar-refractivity contribution is 7.92. The number of benzene rings is 1.